The van der Waals surface area contributed by atoms with E-state index in [1.54, 1.807) is 0 Å². The highest BCUT2D eigenvalue weighted by Crippen LogP contribution is 2.42. The van der Waals surface area contributed by atoms with Gasteiger partial charge >= 0.3 is 0 Å². The van der Waals surface area contributed by atoms with Crippen molar-refractivity contribution in [1.29, 1.82) is 0 Å². The van der Waals surface area contributed by atoms with Crippen LogP contribution in [0.1, 0.15) is 0 Å². The van der Waals surface area contributed by atoms with Crippen molar-refractivity contribution < 1.29 is 0 Å². The van der Waals surface area contributed by atoms with E-state index in [1.165, 1.54) is 86.3 Å². The van der Waals surface area contributed by atoms with Gasteiger partial charge in [0.05, 0.1) is 22.1 Å². The molecule has 45 heavy (non-hydrogen) atoms. The van der Waals surface area contributed by atoms with Crippen molar-refractivity contribution in [2.45, 2.75) is 0 Å². The molecular formula is C42H26N2S. The molecule has 210 valence electrons. The predicted octanol–water partition coefficient (Wildman–Crippen LogP) is 11.9. The number of hydrogen-bond donors (Lipinski definition) is 0. The molecular weight excluding hydrogens is 565 g/mol. The molecule has 0 saturated carbocycles. The predicted molar refractivity (Wildman–Crippen MR) is 193 cm³/mol. The fourth-order valence-corrected chi connectivity index (χ4v) is 8.59. The number of benzene rings is 7. The van der Waals surface area contributed by atoms with Crippen LogP contribution in [-0.4, -0.2) is 9.13 Å². The second-order valence-corrected chi connectivity index (χ2v) is 12.8. The van der Waals surface area contributed by atoms with Crippen LogP contribution in [0.5, 0.6) is 0 Å². The first-order valence-corrected chi connectivity index (χ1v) is 16.2. The summed E-state index contributed by atoms with van der Waals surface area (Å²) in [5.41, 5.74) is 9.74. The summed E-state index contributed by atoms with van der Waals surface area (Å²) < 4.78 is 7.53. The number of nitrogens with zero attached hydrogens (tertiary/aromatic N) is 2. The van der Waals surface area contributed by atoms with E-state index in [0.717, 1.165) is 0 Å². The van der Waals surface area contributed by atoms with Crippen molar-refractivity contribution in [1.82, 2.24) is 9.13 Å². The van der Waals surface area contributed by atoms with E-state index in [0.29, 0.717) is 0 Å². The van der Waals surface area contributed by atoms with Crippen LogP contribution in [0.15, 0.2) is 158 Å². The Morgan fingerprint density at radius 1 is 0.356 bits per heavy atom. The fraction of sp³-hybridized carbons (Fsp3) is 0. The molecule has 3 heteroatoms. The third kappa shape index (κ3) is 3.56. The number of para-hydroxylation sites is 3. The summed E-state index contributed by atoms with van der Waals surface area (Å²) in [7, 11) is 0. The Kier molecular flexibility index (Phi) is 5.19. The zero-order valence-corrected chi connectivity index (χ0v) is 25.1. The molecule has 0 radical (unpaired) electrons. The maximum Gasteiger partial charge on any atom is 0.0548 e. The van der Waals surface area contributed by atoms with E-state index >= 15 is 0 Å². The van der Waals surface area contributed by atoms with Gasteiger partial charge in [0, 0.05) is 53.1 Å². The average Bonchev–Trinajstić information content (AvgIpc) is 3.75. The van der Waals surface area contributed by atoms with Crippen molar-refractivity contribution in [2.75, 3.05) is 0 Å². The van der Waals surface area contributed by atoms with Gasteiger partial charge in [-0.3, -0.25) is 0 Å². The van der Waals surface area contributed by atoms with Gasteiger partial charge in [-0.15, -0.1) is 11.3 Å². The van der Waals surface area contributed by atoms with Crippen molar-refractivity contribution in [3.63, 3.8) is 0 Å². The quantitative estimate of drug-likeness (QED) is 0.194. The first-order chi connectivity index (χ1) is 22.3. The maximum absolute atomic E-state index is 2.45. The first-order valence-electron chi connectivity index (χ1n) is 15.4. The molecule has 0 N–H and O–H groups in total. The second-order valence-electron chi connectivity index (χ2n) is 11.8. The number of hydrogen-bond acceptors (Lipinski definition) is 1. The topological polar surface area (TPSA) is 9.86 Å². The summed E-state index contributed by atoms with van der Waals surface area (Å²) in [6, 6.07) is 57.6. The Balaban J connectivity index is 1.26. The minimum atomic E-state index is 1.17. The Labute approximate surface area is 263 Å². The van der Waals surface area contributed by atoms with Crippen molar-refractivity contribution >= 4 is 75.1 Å². The molecule has 10 rings (SSSR count). The van der Waals surface area contributed by atoms with Crippen molar-refractivity contribution in [2.24, 2.45) is 0 Å². The highest BCUT2D eigenvalue weighted by Gasteiger charge is 2.19. The molecule has 0 spiro atoms. The van der Waals surface area contributed by atoms with Gasteiger partial charge in [0.2, 0.25) is 0 Å². The summed E-state index contributed by atoms with van der Waals surface area (Å²) in [4.78, 5) is 0. The van der Waals surface area contributed by atoms with Crippen molar-refractivity contribution in [3.8, 4) is 22.5 Å². The van der Waals surface area contributed by atoms with Crippen LogP contribution in [0.3, 0.4) is 0 Å². The smallest absolute Gasteiger partial charge is 0.0548 e. The number of thiophene rings is 1. The van der Waals surface area contributed by atoms with E-state index in [1.807, 2.05) is 11.3 Å². The largest absolute Gasteiger partial charge is 0.309 e. The molecule has 0 unspecified atom stereocenters. The summed E-state index contributed by atoms with van der Waals surface area (Å²) >= 11 is 1.89. The van der Waals surface area contributed by atoms with Crippen LogP contribution < -0.4 is 0 Å². The highest BCUT2D eigenvalue weighted by molar-refractivity contribution is 7.26. The molecule has 0 saturated heterocycles. The van der Waals surface area contributed by atoms with Gasteiger partial charge in [-0.25, -0.2) is 0 Å². The van der Waals surface area contributed by atoms with Crippen LogP contribution in [0.25, 0.3) is 86.3 Å². The molecule has 0 aliphatic rings. The standard InChI is InChI=1S/C42H26N2S/c1-2-13-28(14-3-1)43-37-21-7-4-16-31(37)35-26-40-36(25-39(35)43)32-17-5-8-22-38(32)44(40)29-15-10-12-27(24-29)30-19-11-20-34-33-18-6-9-23-41(33)45-42(30)34/h1-26H. The third-order valence-electron chi connectivity index (χ3n) is 9.30. The minimum Gasteiger partial charge on any atom is -0.309 e. The zero-order chi connectivity index (χ0) is 29.5. The molecule has 0 atom stereocenters. The molecule has 3 aromatic heterocycles. The van der Waals surface area contributed by atoms with Crippen LogP contribution in [-0.2, 0) is 0 Å². The number of rotatable bonds is 3. The van der Waals surface area contributed by atoms with E-state index < -0.39 is 0 Å². The van der Waals surface area contributed by atoms with Gasteiger partial charge < -0.3 is 9.13 Å². The van der Waals surface area contributed by atoms with E-state index in [4.69, 9.17) is 0 Å². The minimum absolute atomic E-state index is 1.17. The van der Waals surface area contributed by atoms with Crippen LogP contribution in [0.2, 0.25) is 0 Å². The molecule has 3 heterocycles. The number of fused-ring (bicyclic) bond motifs is 9. The Morgan fingerprint density at radius 3 is 1.64 bits per heavy atom. The lowest BCUT2D eigenvalue weighted by Crippen LogP contribution is -1.95. The van der Waals surface area contributed by atoms with Gasteiger partial charge in [-0.05, 0) is 65.7 Å². The molecule has 0 fully saturated rings. The van der Waals surface area contributed by atoms with Gasteiger partial charge in [0.25, 0.3) is 0 Å². The third-order valence-corrected chi connectivity index (χ3v) is 10.5. The molecule has 7 aromatic carbocycles. The lowest BCUT2D eigenvalue weighted by molar-refractivity contribution is 1.17. The highest BCUT2D eigenvalue weighted by atomic mass is 32.1. The second kappa shape index (κ2) is 9.43. The van der Waals surface area contributed by atoms with Gasteiger partial charge in [-0.1, -0.05) is 103 Å². The lowest BCUT2D eigenvalue weighted by atomic mass is 10.0. The summed E-state index contributed by atoms with van der Waals surface area (Å²) in [5, 5.41) is 7.70. The normalized spacial score (nSPS) is 12.0. The molecule has 10 aromatic rings. The van der Waals surface area contributed by atoms with Gasteiger partial charge in [-0.2, -0.15) is 0 Å². The monoisotopic (exact) mass is 590 g/mol. The summed E-state index contributed by atoms with van der Waals surface area (Å²) in [6.45, 7) is 0. The van der Waals surface area contributed by atoms with Gasteiger partial charge in [0.1, 0.15) is 0 Å². The fourth-order valence-electron chi connectivity index (χ4n) is 7.35. The van der Waals surface area contributed by atoms with Crippen LogP contribution >= 0.6 is 11.3 Å². The average molecular weight is 591 g/mol. The van der Waals surface area contributed by atoms with Crippen molar-refractivity contribution in [3.05, 3.63) is 158 Å². The first kappa shape index (κ1) is 24.8. The molecule has 0 aliphatic heterocycles. The molecule has 0 amide bonds. The summed E-state index contributed by atoms with van der Waals surface area (Å²) in [6.07, 6.45) is 0. The van der Waals surface area contributed by atoms with Gasteiger partial charge in [0.15, 0.2) is 0 Å². The Bertz CT molecular complexity index is 2760. The summed E-state index contributed by atoms with van der Waals surface area (Å²) in [5.74, 6) is 0. The van der Waals surface area contributed by atoms with Crippen LogP contribution in [0, 0.1) is 0 Å². The Hall–Kier alpha value is -5.64. The van der Waals surface area contributed by atoms with E-state index in [2.05, 4.69) is 167 Å². The lowest BCUT2D eigenvalue weighted by Gasteiger charge is -2.11. The van der Waals surface area contributed by atoms with Crippen LogP contribution in [0.4, 0.5) is 0 Å². The molecule has 0 aliphatic carbocycles. The SMILES string of the molecule is c1ccc(-n2c3ccccc3c3cc4c(cc32)c2ccccc2n4-c2cccc(-c3cccc4c3sc3ccccc34)c2)cc1. The zero-order valence-electron chi connectivity index (χ0n) is 24.3. The van der Waals surface area contributed by atoms with E-state index in [-0.39, 0.29) is 0 Å². The Morgan fingerprint density at radius 2 is 0.911 bits per heavy atom. The number of aromatic nitrogens is 2. The van der Waals surface area contributed by atoms with E-state index in [9.17, 15) is 0 Å². The molecule has 0 bridgehead atoms. The molecule has 2 nitrogen and oxygen atoms in total. The maximum atomic E-state index is 2.45.